The molecule has 0 bridgehead atoms. The van der Waals surface area contributed by atoms with E-state index in [1.165, 1.54) is 0 Å². The molecule has 1 aromatic carbocycles. The smallest absolute Gasteiger partial charge is 0.241 e. The van der Waals surface area contributed by atoms with Crippen LogP contribution in [-0.2, 0) is 16.6 Å². The number of rotatable bonds is 5. The second-order valence-electron chi connectivity index (χ2n) is 5.30. The molecule has 1 fully saturated rings. The minimum atomic E-state index is -3.47. The van der Waals surface area contributed by atoms with E-state index in [2.05, 4.69) is 10.0 Å². The van der Waals surface area contributed by atoms with Gasteiger partial charge in [-0.25, -0.2) is 13.1 Å². The van der Waals surface area contributed by atoms with Gasteiger partial charge in [0.05, 0.1) is 4.90 Å². The summed E-state index contributed by atoms with van der Waals surface area (Å²) >= 11 is 6.04. The lowest BCUT2D eigenvalue weighted by Gasteiger charge is -2.38. The third kappa shape index (κ3) is 3.28. The van der Waals surface area contributed by atoms with Gasteiger partial charge >= 0.3 is 0 Å². The van der Waals surface area contributed by atoms with E-state index in [9.17, 15) is 8.42 Å². The van der Waals surface area contributed by atoms with Crippen molar-refractivity contribution in [1.29, 1.82) is 0 Å². The Morgan fingerprint density at radius 1 is 1.37 bits per heavy atom. The molecule has 1 aliphatic carbocycles. The van der Waals surface area contributed by atoms with Gasteiger partial charge in [0.1, 0.15) is 0 Å². The van der Waals surface area contributed by atoms with Crippen LogP contribution in [0.2, 0.25) is 5.02 Å². The predicted molar refractivity (Wildman–Crippen MR) is 76.8 cm³/mol. The molecule has 1 saturated carbocycles. The van der Waals surface area contributed by atoms with Gasteiger partial charge in [-0.3, -0.25) is 0 Å². The first-order valence-corrected chi connectivity index (χ1v) is 8.19. The van der Waals surface area contributed by atoms with Gasteiger partial charge < -0.3 is 5.32 Å². The monoisotopic (exact) mass is 302 g/mol. The van der Waals surface area contributed by atoms with Crippen LogP contribution in [0.15, 0.2) is 23.1 Å². The first-order valence-electron chi connectivity index (χ1n) is 6.33. The Hall–Kier alpha value is -0.620. The molecule has 0 amide bonds. The molecular formula is C13H19ClN2O2S. The zero-order chi connectivity index (χ0) is 14.1. The Kier molecular flexibility index (Phi) is 4.20. The maximum atomic E-state index is 12.3. The van der Waals surface area contributed by atoms with Gasteiger partial charge in [0, 0.05) is 17.1 Å². The number of hydrogen-bond donors (Lipinski definition) is 2. The zero-order valence-corrected chi connectivity index (χ0v) is 12.7. The maximum absolute atomic E-state index is 12.3. The van der Waals surface area contributed by atoms with Crippen molar-refractivity contribution >= 4 is 21.6 Å². The van der Waals surface area contributed by atoms with Crippen molar-refractivity contribution in [1.82, 2.24) is 10.0 Å². The van der Waals surface area contributed by atoms with E-state index in [-0.39, 0.29) is 10.4 Å². The Labute approximate surface area is 119 Å². The van der Waals surface area contributed by atoms with Gasteiger partial charge in [-0.05, 0) is 57.0 Å². The highest BCUT2D eigenvalue weighted by molar-refractivity contribution is 7.89. The first-order chi connectivity index (χ1) is 8.86. The molecule has 0 spiro atoms. The van der Waals surface area contributed by atoms with E-state index in [1.807, 2.05) is 6.92 Å². The summed E-state index contributed by atoms with van der Waals surface area (Å²) in [6, 6.07) is 4.81. The lowest BCUT2D eigenvalue weighted by Crippen LogP contribution is -2.50. The molecule has 2 N–H and O–H groups in total. The number of benzene rings is 1. The molecule has 0 atom stereocenters. The molecule has 0 radical (unpaired) electrons. The summed E-state index contributed by atoms with van der Waals surface area (Å²) in [5.74, 6) is 0. The molecule has 0 aliphatic heterocycles. The quantitative estimate of drug-likeness (QED) is 0.877. The van der Waals surface area contributed by atoms with E-state index in [4.69, 9.17) is 11.6 Å². The molecule has 0 saturated heterocycles. The van der Waals surface area contributed by atoms with E-state index in [0.717, 1.165) is 24.8 Å². The molecule has 1 aromatic rings. The second kappa shape index (κ2) is 5.40. The third-order valence-electron chi connectivity index (χ3n) is 3.53. The fourth-order valence-electron chi connectivity index (χ4n) is 2.24. The molecule has 0 unspecified atom stereocenters. The first kappa shape index (κ1) is 14.8. The van der Waals surface area contributed by atoms with Crippen LogP contribution in [0.4, 0.5) is 0 Å². The van der Waals surface area contributed by atoms with Crippen LogP contribution in [0.1, 0.15) is 31.7 Å². The Morgan fingerprint density at radius 2 is 2.05 bits per heavy atom. The minimum Gasteiger partial charge on any atom is -0.316 e. The Bertz CT molecular complexity index is 568. The average molecular weight is 303 g/mol. The van der Waals surface area contributed by atoms with Gasteiger partial charge in [-0.1, -0.05) is 11.6 Å². The van der Waals surface area contributed by atoms with Gasteiger partial charge in [0.25, 0.3) is 0 Å². The van der Waals surface area contributed by atoms with E-state index >= 15 is 0 Å². The van der Waals surface area contributed by atoms with Gasteiger partial charge in [-0.15, -0.1) is 0 Å². The van der Waals surface area contributed by atoms with Crippen LogP contribution >= 0.6 is 11.6 Å². The second-order valence-corrected chi connectivity index (χ2v) is 7.39. The molecule has 0 heterocycles. The van der Waals surface area contributed by atoms with Crippen LogP contribution in [0.25, 0.3) is 0 Å². The van der Waals surface area contributed by atoms with Gasteiger partial charge in [0.15, 0.2) is 0 Å². The zero-order valence-electron chi connectivity index (χ0n) is 11.2. The van der Waals surface area contributed by atoms with Crippen LogP contribution < -0.4 is 10.0 Å². The van der Waals surface area contributed by atoms with Crippen molar-refractivity contribution in [2.24, 2.45) is 0 Å². The minimum absolute atomic E-state index is 0.273. The summed E-state index contributed by atoms with van der Waals surface area (Å²) in [5.41, 5.74) is 0.493. The van der Waals surface area contributed by atoms with Crippen LogP contribution in [-0.4, -0.2) is 21.0 Å². The summed E-state index contributed by atoms with van der Waals surface area (Å²) in [4.78, 5) is 0.273. The fourth-order valence-corrected chi connectivity index (χ4v) is 3.94. The van der Waals surface area contributed by atoms with Crippen LogP contribution in [0.3, 0.4) is 0 Å². The largest absolute Gasteiger partial charge is 0.316 e. The molecule has 1 aliphatic rings. The van der Waals surface area contributed by atoms with E-state index in [1.54, 1.807) is 25.2 Å². The van der Waals surface area contributed by atoms with Crippen molar-refractivity contribution in [2.45, 2.75) is 43.2 Å². The molecule has 6 heteroatoms. The highest BCUT2D eigenvalue weighted by Gasteiger charge is 2.36. The number of nitrogens with one attached hydrogen (secondary N) is 2. The lowest BCUT2D eigenvalue weighted by molar-refractivity contribution is 0.248. The molecule has 19 heavy (non-hydrogen) atoms. The Balaban J connectivity index is 2.27. The summed E-state index contributed by atoms with van der Waals surface area (Å²) in [7, 11) is -1.68. The molecule has 0 aromatic heterocycles. The molecule has 2 rings (SSSR count). The van der Waals surface area contributed by atoms with Gasteiger partial charge in [-0.2, -0.15) is 0 Å². The molecule has 4 nitrogen and oxygen atoms in total. The standard InChI is InChI=1S/C13H19ClN2O2S/c1-13(6-3-7-13)16-19(17,18)11-4-5-12(14)10(8-11)9-15-2/h4-5,8,15-16H,3,6-7,9H2,1-2H3. The normalized spacial score (nSPS) is 18.1. The highest BCUT2D eigenvalue weighted by Crippen LogP contribution is 2.33. The maximum Gasteiger partial charge on any atom is 0.241 e. The Morgan fingerprint density at radius 3 is 2.58 bits per heavy atom. The molecule has 106 valence electrons. The van der Waals surface area contributed by atoms with E-state index in [0.29, 0.717) is 11.6 Å². The van der Waals surface area contributed by atoms with Crippen LogP contribution in [0, 0.1) is 0 Å². The van der Waals surface area contributed by atoms with E-state index < -0.39 is 10.0 Å². The van der Waals surface area contributed by atoms with Crippen molar-refractivity contribution < 1.29 is 8.42 Å². The third-order valence-corrected chi connectivity index (χ3v) is 5.54. The fraction of sp³-hybridized carbons (Fsp3) is 0.538. The summed E-state index contributed by atoms with van der Waals surface area (Å²) in [6.45, 7) is 2.48. The number of sulfonamides is 1. The topological polar surface area (TPSA) is 58.2 Å². The van der Waals surface area contributed by atoms with Crippen molar-refractivity contribution in [3.63, 3.8) is 0 Å². The SMILES string of the molecule is CNCc1cc(S(=O)(=O)NC2(C)CCC2)ccc1Cl. The van der Waals surface area contributed by atoms with Crippen molar-refractivity contribution in [3.05, 3.63) is 28.8 Å². The average Bonchev–Trinajstić information content (AvgIpc) is 2.29. The number of hydrogen-bond acceptors (Lipinski definition) is 3. The van der Waals surface area contributed by atoms with Crippen molar-refractivity contribution in [2.75, 3.05) is 7.05 Å². The summed E-state index contributed by atoms with van der Waals surface area (Å²) in [6.07, 6.45) is 2.86. The number of halogens is 1. The predicted octanol–water partition coefficient (Wildman–Crippen LogP) is 2.28. The van der Waals surface area contributed by atoms with Crippen LogP contribution in [0.5, 0.6) is 0 Å². The highest BCUT2D eigenvalue weighted by atomic mass is 35.5. The lowest BCUT2D eigenvalue weighted by atomic mass is 9.80. The summed E-state index contributed by atoms with van der Waals surface area (Å²) < 4.78 is 27.5. The summed E-state index contributed by atoms with van der Waals surface area (Å²) in [5, 5.41) is 3.55. The van der Waals surface area contributed by atoms with Gasteiger partial charge in [0.2, 0.25) is 10.0 Å². The molecular weight excluding hydrogens is 284 g/mol. The van der Waals surface area contributed by atoms with Crippen molar-refractivity contribution in [3.8, 4) is 0 Å².